The SMILES string of the molecule is O=S(=O)(c1ccoc1)N1CCCc2ccccc2CC1. The zero-order valence-electron chi connectivity index (χ0n) is 11.2. The number of sulfonamides is 1. The summed E-state index contributed by atoms with van der Waals surface area (Å²) in [5, 5.41) is 0. The molecule has 0 amide bonds. The predicted octanol–water partition coefficient (Wildman–Crippen LogP) is 2.46. The van der Waals surface area contributed by atoms with Crippen LogP contribution in [0.4, 0.5) is 0 Å². The van der Waals surface area contributed by atoms with Crippen molar-refractivity contribution in [1.29, 1.82) is 0 Å². The van der Waals surface area contributed by atoms with Crippen LogP contribution in [0.1, 0.15) is 17.5 Å². The standard InChI is InChI=1S/C15H17NO3S/c17-20(18,15-8-11-19-12-15)16-9-3-6-13-4-1-2-5-14(13)7-10-16/h1-2,4-5,8,11-12H,3,6-7,9-10H2. The van der Waals surface area contributed by atoms with Crippen LogP contribution in [0, 0.1) is 0 Å². The number of furan rings is 1. The van der Waals surface area contributed by atoms with E-state index in [2.05, 4.69) is 12.1 Å². The van der Waals surface area contributed by atoms with E-state index in [4.69, 9.17) is 4.42 Å². The van der Waals surface area contributed by atoms with Crippen LogP contribution in [0.5, 0.6) is 0 Å². The topological polar surface area (TPSA) is 50.5 Å². The molecule has 0 aliphatic carbocycles. The first-order valence-electron chi connectivity index (χ1n) is 6.77. The van der Waals surface area contributed by atoms with Gasteiger partial charge in [-0.25, -0.2) is 8.42 Å². The van der Waals surface area contributed by atoms with Gasteiger partial charge in [-0.15, -0.1) is 0 Å². The third-order valence-electron chi connectivity index (χ3n) is 3.74. The van der Waals surface area contributed by atoms with E-state index < -0.39 is 10.0 Å². The highest BCUT2D eigenvalue weighted by atomic mass is 32.2. The average Bonchev–Trinajstić information content (AvgIpc) is 2.94. The Balaban J connectivity index is 1.84. The van der Waals surface area contributed by atoms with Crippen LogP contribution < -0.4 is 0 Å². The fourth-order valence-corrected chi connectivity index (χ4v) is 4.04. The molecule has 20 heavy (non-hydrogen) atoms. The Hall–Kier alpha value is -1.59. The second-order valence-corrected chi connectivity index (χ2v) is 6.92. The highest BCUT2D eigenvalue weighted by molar-refractivity contribution is 7.89. The largest absolute Gasteiger partial charge is 0.471 e. The summed E-state index contributed by atoms with van der Waals surface area (Å²) in [5.74, 6) is 0. The third kappa shape index (κ3) is 2.51. The van der Waals surface area contributed by atoms with Gasteiger partial charge in [-0.3, -0.25) is 0 Å². The lowest BCUT2D eigenvalue weighted by Crippen LogP contribution is -2.35. The summed E-state index contributed by atoms with van der Waals surface area (Å²) in [5.41, 5.74) is 2.59. The summed E-state index contributed by atoms with van der Waals surface area (Å²) in [6.45, 7) is 1.08. The number of nitrogens with zero attached hydrogens (tertiary/aromatic N) is 1. The van der Waals surface area contributed by atoms with Gasteiger partial charge in [0.05, 0.1) is 6.26 Å². The number of benzene rings is 1. The van der Waals surface area contributed by atoms with E-state index >= 15 is 0 Å². The van der Waals surface area contributed by atoms with Crippen LogP contribution >= 0.6 is 0 Å². The van der Waals surface area contributed by atoms with Crippen molar-refractivity contribution >= 4 is 10.0 Å². The molecule has 2 heterocycles. The van der Waals surface area contributed by atoms with E-state index in [1.807, 2.05) is 12.1 Å². The summed E-state index contributed by atoms with van der Waals surface area (Å²) in [6, 6.07) is 9.77. The maximum absolute atomic E-state index is 12.5. The molecule has 5 heteroatoms. The first-order chi connectivity index (χ1) is 9.68. The summed E-state index contributed by atoms with van der Waals surface area (Å²) < 4.78 is 31.4. The summed E-state index contributed by atoms with van der Waals surface area (Å²) in [4.78, 5) is 0.242. The van der Waals surface area contributed by atoms with E-state index in [-0.39, 0.29) is 4.90 Å². The molecule has 2 aromatic rings. The second-order valence-electron chi connectivity index (χ2n) is 4.99. The lowest BCUT2D eigenvalue weighted by Gasteiger charge is -2.24. The van der Waals surface area contributed by atoms with E-state index in [0.717, 1.165) is 19.3 Å². The maximum atomic E-state index is 12.5. The van der Waals surface area contributed by atoms with Crippen molar-refractivity contribution in [3.05, 3.63) is 54.0 Å². The van der Waals surface area contributed by atoms with Crippen molar-refractivity contribution in [1.82, 2.24) is 4.31 Å². The Labute approximate surface area is 119 Å². The molecule has 1 aromatic carbocycles. The van der Waals surface area contributed by atoms with Crippen molar-refractivity contribution in [2.24, 2.45) is 0 Å². The smallest absolute Gasteiger partial charge is 0.246 e. The lowest BCUT2D eigenvalue weighted by molar-refractivity contribution is 0.400. The van der Waals surface area contributed by atoms with Gasteiger partial charge >= 0.3 is 0 Å². The van der Waals surface area contributed by atoms with Crippen LogP contribution in [0.25, 0.3) is 0 Å². The van der Waals surface area contributed by atoms with Gasteiger partial charge < -0.3 is 4.42 Å². The van der Waals surface area contributed by atoms with Gasteiger partial charge in [-0.05, 0) is 36.5 Å². The van der Waals surface area contributed by atoms with E-state index in [1.165, 1.54) is 29.7 Å². The maximum Gasteiger partial charge on any atom is 0.246 e. The minimum absolute atomic E-state index is 0.242. The molecule has 0 N–H and O–H groups in total. The zero-order chi connectivity index (χ0) is 14.0. The average molecular weight is 291 g/mol. The fourth-order valence-electron chi connectivity index (χ4n) is 2.64. The van der Waals surface area contributed by atoms with Crippen molar-refractivity contribution in [2.75, 3.05) is 13.1 Å². The second kappa shape index (κ2) is 5.42. The van der Waals surface area contributed by atoms with Crippen LogP contribution in [0.15, 0.2) is 52.2 Å². The molecule has 0 spiro atoms. The molecule has 1 aliphatic rings. The molecular weight excluding hydrogens is 274 g/mol. The Kier molecular flexibility index (Phi) is 3.63. The molecule has 3 rings (SSSR count). The first kappa shape index (κ1) is 13.4. The van der Waals surface area contributed by atoms with Gasteiger partial charge in [0.2, 0.25) is 10.0 Å². The van der Waals surface area contributed by atoms with Crippen molar-refractivity contribution in [3.63, 3.8) is 0 Å². The number of rotatable bonds is 2. The van der Waals surface area contributed by atoms with Crippen LogP contribution in [-0.4, -0.2) is 25.8 Å². The first-order valence-corrected chi connectivity index (χ1v) is 8.21. The molecule has 106 valence electrons. The fraction of sp³-hybridized carbons (Fsp3) is 0.333. The zero-order valence-corrected chi connectivity index (χ0v) is 12.0. The van der Waals surface area contributed by atoms with Crippen molar-refractivity contribution < 1.29 is 12.8 Å². The molecule has 0 radical (unpaired) electrons. The van der Waals surface area contributed by atoms with Crippen molar-refractivity contribution in [2.45, 2.75) is 24.2 Å². The molecule has 1 aromatic heterocycles. The Morgan fingerprint density at radius 2 is 1.75 bits per heavy atom. The molecule has 4 nitrogen and oxygen atoms in total. The van der Waals surface area contributed by atoms with E-state index in [1.54, 1.807) is 4.31 Å². The van der Waals surface area contributed by atoms with Gasteiger partial charge in [-0.1, -0.05) is 24.3 Å². The number of hydrogen-bond acceptors (Lipinski definition) is 3. The molecule has 0 bridgehead atoms. The van der Waals surface area contributed by atoms with Crippen LogP contribution in [0.2, 0.25) is 0 Å². The minimum Gasteiger partial charge on any atom is -0.471 e. The van der Waals surface area contributed by atoms with Gasteiger partial charge in [0, 0.05) is 13.1 Å². The van der Waals surface area contributed by atoms with Crippen molar-refractivity contribution in [3.8, 4) is 0 Å². The number of fused-ring (bicyclic) bond motifs is 1. The lowest BCUT2D eigenvalue weighted by atomic mass is 9.99. The minimum atomic E-state index is -3.42. The van der Waals surface area contributed by atoms with Gasteiger partial charge in [0.1, 0.15) is 11.2 Å². The molecule has 1 aliphatic heterocycles. The summed E-state index contributed by atoms with van der Waals surface area (Å²) in [6.07, 6.45) is 5.21. The monoisotopic (exact) mass is 291 g/mol. The number of hydrogen-bond donors (Lipinski definition) is 0. The predicted molar refractivity (Wildman–Crippen MR) is 75.9 cm³/mol. The van der Waals surface area contributed by atoms with Crippen LogP contribution in [-0.2, 0) is 22.9 Å². The normalized spacial score (nSPS) is 17.2. The molecule has 0 unspecified atom stereocenters. The third-order valence-corrected chi connectivity index (χ3v) is 5.61. The molecule has 0 saturated heterocycles. The molecule has 0 fully saturated rings. The Bertz CT molecular complexity index is 677. The summed E-state index contributed by atoms with van der Waals surface area (Å²) >= 11 is 0. The van der Waals surface area contributed by atoms with E-state index in [0.29, 0.717) is 13.1 Å². The molecular formula is C15H17NO3S. The highest BCUT2D eigenvalue weighted by Crippen LogP contribution is 2.21. The van der Waals surface area contributed by atoms with Gasteiger partial charge in [0.25, 0.3) is 0 Å². The van der Waals surface area contributed by atoms with Crippen LogP contribution in [0.3, 0.4) is 0 Å². The number of aryl methyl sites for hydroxylation is 1. The summed E-state index contributed by atoms with van der Waals surface area (Å²) in [7, 11) is -3.42. The Morgan fingerprint density at radius 1 is 1.00 bits per heavy atom. The van der Waals surface area contributed by atoms with Gasteiger partial charge in [0.15, 0.2) is 0 Å². The quantitative estimate of drug-likeness (QED) is 0.854. The van der Waals surface area contributed by atoms with Gasteiger partial charge in [-0.2, -0.15) is 4.31 Å². The highest BCUT2D eigenvalue weighted by Gasteiger charge is 2.26. The molecule has 0 saturated carbocycles. The Morgan fingerprint density at radius 3 is 2.45 bits per heavy atom. The molecule has 0 atom stereocenters. The van der Waals surface area contributed by atoms with E-state index in [9.17, 15) is 8.42 Å².